The Bertz CT molecular complexity index is 661. The topological polar surface area (TPSA) is 88.4 Å². The molecule has 0 aromatic carbocycles. The summed E-state index contributed by atoms with van der Waals surface area (Å²) in [5.41, 5.74) is 1.02. The van der Waals surface area contributed by atoms with Crippen molar-refractivity contribution in [3.05, 3.63) is 24.9 Å². The third-order valence-corrected chi connectivity index (χ3v) is 3.05. The molecule has 0 spiro atoms. The van der Waals surface area contributed by atoms with Gasteiger partial charge >= 0.3 is 12.0 Å². The van der Waals surface area contributed by atoms with Gasteiger partial charge in [-0.1, -0.05) is 0 Å². The van der Waals surface area contributed by atoms with Gasteiger partial charge in [-0.2, -0.15) is 0 Å². The Morgan fingerprint density at radius 2 is 1.88 bits per heavy atom. The van der Waals surface area contributed by atoms with Gasteiger partial charge in [-0.15, -0.1) is 0 Å². The Balaban J connectivity index is 1.76. The van der Waals surface area contributed by atoms with E-state index in [1.807, 2.05) is 27.0 Å². The van der Waals surface area contributed by atoms with Crippen molar-refractivity contribution in [2.75, 3.05) is 20.3 Å². The molecular weight excluding hydrogens is 312 g/mol. The van der Waals surface area contributed by atoms with Gasteiger partial charge in [0.2, 0.25) is 0 Å². The van der Waals surface area contributed by atoms with Crippen molar-refractivity contribution in [2.45, 2.75) is 27.5 Å². The van der Waals surface area contributed by atoms with Crippen LogP contribution >= 0.6 is 0 Å². The van der Waals surface area contributed by atoms with Gasteiger partial charge in [0.25, 0.3) is 0 Å². The number of nitrogens with zero attached hydrogens (tertiary/aromatic N) is 4. The number of hydrogen-bond donors (Lipinski definition) is 0. The van der Waals surface area contributed by atoms with Crippen molar-refractivity contribution in [2.24, 2.45) is 5.41 Å². The maximum Gasteiger partial charge on any atom is 0.316 e. The summed E-state index contributed by atoms with van der Waals surface area (Å²) in [5, 5.41) is 0. The van der Waals surface area contributed by atoms with Crippen LogP contribution in [-0.4, -0.2) is 45.8 Å². The maximum atomic E-state index is 11.6. The van der Waals surface area contributed by atoms with Crippen LogP contribution in [0.3, 0.4) is 0 Å². The first-order valence-electron chi connectivity index (χ1n) is 7.53. The molecule has 0 amide bonds. The third kappa shape index (κ3) is 5.02. The Kier molecular flexibility index (Phi) is 5.86. The lowest BCUT2D eigenvalue weighted by Gasteiger charge is -2.16. The predicted molar refractivity (Wildman–Crippen MR) is 86.2 cm³/mol. The van der Waals surface area contributed by atoms with E-state index in [1.54, 1.807) is 23.3 Å². The molecule has 2 aromatic heterocycles. The lowest BCUT2D eigenvalue weighted by Crippen LogP contribution is -2.24. The zero-order valence-electron chi connectivity index (χ0n) is 14.4. The quantitative estimate of drug-likeness (QED) is 0.564. The molecule has 0 radical (unpaired) electrons. The van der Waals surface area contributed by atoms with Gasteiger partial charge in [-0.3, -0.25) is 4.79 Å². The summed E-state index contributed by atoms with van der Waals surface area (Å²) in [4.78, 5) is 24.0. The standard InChI is InChI=1S/C16H22N4O4/c1-16(2,3)14(21)24-6-5-23-11-20-9-13(19-10-20)12-7-17-15(22-4)18-8-12/h7-10H,5-6,11H2,1-4H3. The maximum absolute atomic E-state index is 11.6. The summed E-state index contributed by atoms with van der Waals surface area (Å²) in [6.45, 7) is 6.30. The van der Waals surface area contributed by atoms with E-state index in [2.05, 4.69) is 15.0 Å². The summed E-state index contributed by atoms with van der Waals surface area (Å²) in [6.07, 6.45) is 6.77. The number of ether oxygens (including phenoxy) is 3. The number of imidazole rings is 1. The summed E-state index contributed by atoms with van der Waals surface area (Å²) in [6, 6.07) is 0.311. The van der Waals surface area contributed by atoms with Crippen molar-refractivity contribution in [3.63, 3.8) is 0 Å². The number of esters is 1. The minimum Gasteiger partial charge on any atom is -0.467 e. The summed E-state index contributed by atoms with van der Waals surface area (Å²) < 4.78 is 17.3. The molecule has 130 valence electrons. The number of carbonyl (C=O) groups is 1. The van der Waals surface area contributed by atoms with Crippen LogP contribution in [0.5, 0.6) is 6.01 Å². The molecule has 24 heavy (non-hydrogen) atoms. The minimum absolute atomic E-state index is 0.226. The first-order valence-corrected chi connectivity index (χ1v) is 7.53. The molecule has 0 saturated heterocycles. The highest BCUT2D eigenvalue weighted by Crippen LogP contribution is 2.16. The molecule has 0 atom stereocenters. The molecule has 0 unspecified atom stereocenters. The summed E-state index contributed by atoms with van der Waals surface area (Å²) in [7, 11) is 1.51. The van der Waals surface area contributed by atoms with E-state index >= 15 is 0 Å². The van der Waals surface area contributed by atoms with Crippen LogP contribution in [0.4, 0.5) is 0 Å². The first kappa shape index (κ1) is 17.9. The van der Waals surface area contributed by atoms with Gasteiger partial charge in [0.05, 0.1) is 31.2 Å². The zero-order chi connectivity index (χ0) is 17.6. The number of carbonyl (C=O) groups excluding carboxylic acids is 1. The van der Waals surface area contributed by atoms with E-state index in [4.69, 9.17) is 14.2 Å². The number of hydrogen-bond acceptors (Lipinski definition) is 7. The van der Waals surface area contributed by atoms with Gasteiger partial charge < -0.3 is 18.8 Å². The average Bonchev–Trinajstić information content (AvgIpc) is 3.02. The fraction of sp³-hybridized carbons (Fsp3) is 0.500. The Morgan fingerprint density at radius 3 is 2.50 bits per heavy atom. The lowest BCUT2D eigenvalue weighted by atomic mass is 9.97. The molecule has 0 aliphatic rings. The normalized spacial score (nSPS) is 11.3. The first-order chi connectivity index (χ1) is 11.4. The molecular formula is C16H22N4O4. The predicted octanol–water partition coefficient (Wildman–Crippen LogP) is 1.91. The van der Waals surface area contributed by atoms with Crippen molar-refractivity contribution in [3.8, 4) is 17.3 Å². The Morgan fingerprint density at radius 1 is 1.17 bits per heavy atom. The van der Waals surface area contributed by atoms with Gasteiger partial charge in [0.1, 0.15) is 13.3 Å². The molecule has 0 fully saturated rings. The van der Waals surface area contributed by atoms with Crippen LogP contribution in [0.1, 0.15) is 20.8 Å². The largest absolute Gasteiger partial charge is 0.467 e. The van der Waals surface area contributed by atoms with Crippen molar-refractivity contribution in [1.82, 2.24) is 19.5 Å². The van der Waals surface area contributed by atoms with Crippen LogP contribution in [0.15, 0.2) is 24.9 Å². The van der Waals surface area contributed by atoms with Crippen molar-refractivity contribution < 1.29 is 19.0 Å². The average molecular weight is 334 g/mol. The van der Waals surface area contributed by atoms with E-state index < -0.39 is 5.41 Å². The van der Waals surface area contributed by atoms with E-state index in [-0.39, 0.29) is 12.6 Å². The van der Waals surface area contributed by atoms with Gasteiger partial charge in [-0.25, -0.2) is 15.0 Å². The van der Waals surface area contributed by atoms with E-state index in [0.29, 0.717) is 19.3 Å². The van der Waals surface area contributed by atoms with E-state index in [0.717, 1.165) is 11.3 Å². The molecule has 2 heterocycles. The highest BCUT2D eigenvalue weighted by Gasteiger charge is 2.22. The van der Waals surface area contributed by atoms with Crippen LogP contribution in [0, 0.1) is 5.41 Å². The zero-order valence-corrected chi connectivity index (χ0v) is 14.4. The molecule has 0 aliphatic heterocycles. The highest BCUT2D eigenvalue weighted by molar-refractivity contribution is 5.75. The van der Waals surface area contributed by atoms with Crippen molar-refractivity contribution in [1.29, 1.82) is 0 Å². The van der Waals surface area contributed by atoms with Crippen molar-refractivity contribution >= 4 is 5.97 Å². The van der Waals surface area contributed by atoms with E-state index in [1.165, 1.54) is 7.11 Å². The number of methoxy groups -OCH3 is 1. The van der Waals surface area contributed by atoms with Gasteiger partial charge in [-0.05, 0) is 20.8 Å². The summed E-state index contributed by atoms with van der Waals surface area (Å²) in [5.74, 6) is -0.240. The second kappa shape index (κ2) is 7.87. The Hall–Kier alpha value is -2.48. The fourth-order valence-electron chi connectivity index (χ4n) is 1.71. The molecule has 0 N–H and O–H groups in total. The molecule has 0 bridgehead atoms. The van der Waals surface area contributed by atoms with Crippen LogP contribution in [0.25, 0.3) is 11.3 Å². The Labute approximate surface area is 140 Å². The SMILES string of the molecule is COc1ncc(-c2cn(COCCOC(=O)C(C)(C)C)cn2)cn1. The lowest BCUT2D eigenvalue weighted by molar-refractivity contribution is -0.154. The molecule has 8 heteroatoms. The molecule has 0 aliphatic carbocycles. The smallest absolute Gasteiger partial charge is 0.316 e. The molecule has 0 saturated carbocycles. The second-order valence-corrected chi connectivity index (χ2v) is 6.15. The van der Waals surface area contributed by atoms with Gasteiger partial charge in [0.15, 0.2) is 0 Å². The molecule has 8 nitrogen and oxygen atoms in total. The fourth-order valence-corrected chi connectivity index (χ4v) is 1.71. The number of rotatable bonds is 7. The van der Waals surface area contributed by atoms with Crippen LogP contribution in [-0.2, 0) is 21.0 Å². The monoisotopic (exact) mass is 334 g/mol. The third-order valence-electron chi connectivity index (χ3n) is 3.05. The van der Waals surface area contributed by atoms with E-state index in [9.17, 15) is 4.79 Å². The van der Waals surface area contributed by atoms with Crippen LogP contribution in [0.2, 0.25) is 0 Å². The second-order valence-electron chi connectivity index (χ2n) is 6.15. The molecule has 2 aromatic rings. The minimum atomic E-state index is -0.500. The highest BCUT2D eigenvalue weighted by atomic mass is 16.6. The van der Waals surface area contributed by atoms with Gasteiger partial charge in [0, 0.05) is 24.2 Å². The number of aromatic nitrogens is 4. The molecule has 2 rings (SSSR count). The van der Waals surface area contributed by atoms with Crippen LogP contribution < -0.4 is 4.74 Å². The summed E-state index contributed by atoms with van der Waals surface area (Å²) >= 11 is 0.